The zero-order valence-electron chi connectivity index (χ0n) is 11.3. The summed E-state index contributed by atoms with van der Waals surface area (Å²) in [7, 11) is 0. The van der Waals surface area contributed by atoms with Crippen molar-refractivity contribution in [3.63, 3.8) is 0 Å². The van der Waals surface area contributed by atoms with Crippen LogP contribution in [0.4, 0.5) is 0 Å². The Bertz CT molecular complexity index is 435. The molecule has 0 bridgehead atoms. The van der Waals surface area contributed by atoms with Crippen molar-refractivity contribution in [3.05, 3.63) is 12.2 Å². The average molecular weight is 331 g/mol. The summed E-state index contributed by atoms with van der Waals surface area (Å²) in [4.78, 5) is 49.6. The van der Waals surface area contributed by atoms with Gasteiger partial charge in [-0.15, -0.1) is 0 Å². The maximum atomic E-state index is 10.3. The second-order valence-corrected chi connectivity index (χ2v) is 3.49. The van der Waals surface area contributed by atoms with Gasteiger partial charge in [0, 0.05) is 41.7 Å². The number of rotatable bonds is 7. The van der Waals surface area contributed by atoms with Crippen LogP contribution in [0.1, 0.15) is 12.8 Å². The molecule has 119 valence electrons. The summed E-state index contributed by atoms with van der Waals surface area (Å²) in [6, 6.07) is 0. The summed E-state index contributed by atoms with van der Waals surface area (Å²) in [6.07, 6.45) is -1.17. The normalized spacial score (nSPS) is 9.86. The largest absolute Gasteiger partial charge is 0.481 e. The van der Waals surface area contributed by atoms with Crippen molar-refractivity contribution >= 4 is 59.4 Å². The van der Waals surface area contributed by atoms with Gasteiger partial charge in [0.25, 0.3) is 0 Å². The van der Waals surface area contributed by atoms with Gasteiger partial charge in [-0.1, -0.05) is 0 Å². The van der Waals surface area contributed by atoms with Crippen LogP contribution in [0.5, 0.6) is 0 Å². The molecular weight excluding hydrogens is 319 g/mol. The van der Waals surface area contributed by atoms with E-state index in [1.807, 2.05) is 0 Å². The molecule has 0 amide bonds. The predicted molar refractivity (Wildman–Crippen MR) is 67.3 cm³/mol. The smallest absolute Gasteiger partial charge is 0.336 e. The Labute approximate surface area is 144 Å². The number of carboxylic acids is 5. The second kappa shape index (κ2) is 11.7. The molecular formula is C10H12NaO11. The molecule has 1 radical (unpaired) electrons. The van der Waals surface area contributed by atoms with Crippen molar-refractivity contribution in [2.45, 2.75) is 18.4 Å². The van der Waals surface area contributed by atoms with Gasteiger partial charge in [0.15, 0.2) is 5.60 Å². The predicted octanol–water partition coefficient (Wildman–Crippen LogP) is -1.92. The van der Waals surface area contributed by atoms with E-state index in [1.54, 1.807) is 0 Å². The SMILES string of the molecule is O=C(O)C=CC(=O)O.O=C(O)CC(O)(CC(=O)O)C(=O)O.[Na]. The fraction of sp³-hybridized carbons (Fsp3) is 0.300. The molecule has 0 aliphatic heterocycles. The summed E-state index contributed by atoms with van der Waals surface area (Å²) in [5.41, 5.74) is -2.74. The molecule has 0 fully saturated rings. The first-order valence-electron chi connectivity index (χ1n) is 4.94. The van der Waals surface area contributed by atoms with Gasteiger partial charge in [0.2, 0.25) is 0 Å². The third-order valence-electron chi connectivity index (χ3n) is 1.65. The molecule has 0 aliphatic rings. The van der Waals surface area contributed by atoms with Crippen molar-refractivity contribution in [2.75, 3.05) is 0 Å². The molecule has 0 saturated carbocycles. The van der Waals surface area contributed by atoms with Gasteiger partial charge < -0.3 is 30.6 Å². The molecule has 6 N–H and O–H groups in total. The van der Waals surface area contributed by atoms with Gasteiger partial charge in [-0.2, -0.15) is 0 Å². The van der Waals surface area contributed by atoms with E-state index in [1.165, 1.54) is 0 Å². The van der Waals surface area contributed by atoms with Crippen LogP contribution in [-0.4, -0.2) is 95.6 Å². The molecule has 12 heteroatoms. The standard InChI is InChI=1S/C6H8O7.C4H4O4.Na/c7-3(8)1-6(13,5(11)12)2-4(9)10;5-3(6)1-2-4(7)8;/h13H,1-2H2,(H,7,8)(H,9,10)(H,11,12);1-2H,(H,5,6)(H,7,8);. The minimum absolute atomic E-state index is 0. The molecule has 0 aromatic carbocycles. The number of carbonyl (C=O) groups is 5. The molecule has 0 saturated heterocycles. The number of hydrogen-bond donors (Lipinski definition) is 6. The summed E-state index contributed by atoms with van der Waals surface area (Å²) in [5, 5.41) is 49.4. The van der Waals surface area contributed by atoms with Crippen LogP contribution in [0.25, 0.3) is 0 Å². The van der Waals surface area contributed by atoms with Crippen LogP contribution < -0.4 is 0 Å². The molecule has 11 nitrogen and oxygen atoms in total. The minimum Gasteiger partial charge on any atom is -0.481 e. The Morgan fingerprint density at radius 1 is 0.727 bits per heavy atom. The van der Waals surface area contributed by atoms with Crippen molar-refractivity contribution in [1.82, 2.24) is 0 Å². The second-order valence-electron chi connectivity index (χ2n) is 3.49. The van der Waals surface area contributed by atoms with Gasteiger partial charge in [-0.05, 0) is 0 Å². The van der Waals surface area contributed by atoms with Gasteiger partial charge in [-0.25, -0.2) is 14.4 Å². The van der Waals surface area contributed by atoms with Crippen molar-refractivity contribution in [2.24, 2.45) is 0 Å². The number of aliphatic hydroxyl groups is 1. The van der Waals surface area contributed by atoms with Crippen molar-refractivity contribution in [1.29, 1.82) is 0 Å². The third-order valence-corrected chi connectivity index (χ3v) is 1.65. The van der Waals surface area contributed by atoms with E-state index in [4.69, 9.17) is 30.6 Å². The molecule has 0 aromatic heterocycles. The molecule has 0 unspecified atom stereocenters. The molecule has 0 aromatic rings. The van der Waals surface area contributed by atoms with Crippen LogP contribution in [0, 0.1) is 0 Å². The Kier molecular flexibility index (Phi) is 13.3. The first-order chi connectivity index (χ1) is 9.40. The third kappa shape index (κ3) is 14.5. The van der Waals surface area contributed by atoms with E-state index in [2.05, 4.69) is 0 Å². The van der Waals surface area contributed by atoms with E-state index in [0.29, 0.717) is 12.2 Å². The summed E-state index contributed by atoms with van der Waals surface area (Å²) in [6.45, 7) is 0. The zero-order valence-corrected chi connectivity index (χ0v) is 13.3. The monoisotopic (exact) mass is 331 g/mol. The number of hydrogen-bond acceptors (Lipinski definition) is 6. The first kappa shape index (κ1) is 25.0. The zero-order chi connectivity index (χ0) is 17.2. The van der Waals surface area contributed by atoms with E-state index < -0.39 is 48.3 Å². The van der Waals surface area contributed by atoms with E-state index in [0.717, 1.165) is 0 Å². The van der Waals surface area contributed by atoms with Gasteiger partial charge in [-0.3, -0.25) is 9.59 Å². The van der Waals surface area contributed by atoms with E-state index in [9.17, 15) is 24.0 Å². The quantitative estimate of drug-likeness (QED) is 0.224. The van der Waals surface area contributed by atoms with Crippen molar-refractivity contribution < 1.29 is 54.6 Å². The number of carboxylic acid groups (broad SMARTS) is 5. The molecule has 0 rings (SSSR count). The maximum Gasteiger partial charge on any atom is 0.336 e. The van der Waals surface area contributed by atoms with Crippen molar-refractivity contribution in [3.8, 4) is 0 Å². The number of aliphatic carboxylic acids is 5. The fourth-order valence-electron chi connectivity index (χ4n) is 0.857. The van der Waals surface area contributed by atoms with Gasteiger partial charge in [0.05, 0.1) is 12.8 Å². The van der Waals surface area contributed by atoms with Crippen LogP contribution in [0.2, 0.25) is 0 Å². The van der Waals surface area contributed by atoms with Gasteiger partial charge in [0.1, 0.15) is 0 Å². The van der Waals surface area contributed by atoms with Crippen LogP contribution >= 0.6 is 0 Å². The van der Waals surface area contributed by atoms with Gasteiger partial charge >= 0.3 is 29.8 Å². The Morgan fingerprint density at radius 3 is 1.14 bits per heavy atom. The molecule has 22 heavy (non-hydrogen) atoms. The summed E-state index contributed by atoms with van der Waals surface area (Å²) in [5.74, 6) is -7.53. The van der Waals surface area contributed by atoms with Crippen LogP contribution in [0.15, 0.2) is 12.2 Å². The minimum atomic E-state index is -2.74. The maximum absolute atomic E-state index is 10.3. The van der Waals surface area contributed by atoms with Crippen LogP contribution in [0.3, 0.4) is 0 Å². The molecule has 0 spiro atoms. The van der Waals surface area contributed by atoms with E-state index in [-0.39, 0.29) is 29.6 Å². The Balaban J connectivity index is -0.000000348. The molecule has 0 aliphatic carbocycles. The summed E-state index contributed by atoms with van der Waals surface area (Å²) >= 11 is 0. The average Bonchev–Trinajstić information content (AvgIpc) is 2.24. The molecule has 0 heterocycles. The molecule has 0 atom stereocenters. The first-order valence-corrected chi connectivity index (χ1v) is 4.94. The van der Waals surface area contributed by atoms with E-state index >= 15 is 0 Å². The summed E-state index contributed by atoms with van der Waals surface area (Å²) < 4.78 is 0. The Morgan fingerprint density at radius 2 is 1.00 bits per heavy atom. The Hall–Kier alpha value is -1.95. The van der Waals surface area contributed by atoms with Crippen LogP contribution in [-0.2, 0) is 24.0 Å². The topological polar surface area (TPSA) is 207 Å². The fourth-order valence-corrected chi connectivity index (χ4v) is 0.857.